The molecule has 4 N–H and O–H groups in total. The number of nitrogens with one attached hydrogen (secondary N) is 2. The van der Waals surface area contributed by atoms with Crippen LogP contribution in [0.15, 0.2) is 48.5 Å². The zero-order valence-corrected chi connectivity index (χ0v) is 15.4. The van der Waals surface area contributed by atoms with Gasteiger partial charge in [0.1, 0.15) is 5.75 Å². The summed E-state index contributed by atoms with van der Waals surface area (Å²) in [6.45, 7) is 1.43. The fourth-order valence-electron chi connectivity index (χ4n) is 2.62. The van der Waals surface area contributed by atoms with Crippen molar-refractivity contribution in [3.8, 4) is 5.75 Å². The molecule has 0 spiro atoms. The van der Waals surface area contributed by atoms with Crippen molar-refractivity contribution in [2.75, 3.05) is 23.7 Å². The number of benzene rings is 2. The van der Waals surface area contributed by atoms with Crippen LogP contribution in [0.3, 0.4) is 0 Å². The normalized spacial score (nSPS) is 11.1. The number of rotatable bonds is 10. The minimum Gasteiger partial charge on any atom is -0.406 e. The van der Waals surface area contributed by atoms with Crippen molar-refractivity contribution in [3.05, 3.63) is 54.1 Å². The van der Waals surface area contributed by atoms with Gasteiger partial charge >= 0.3 is 6.36 Å². The Hall–Kier alpha value is -2.74. The molecule has 0 bridgehead atoms. The Morgan fingerprint density at radius 3 is 2.32 bits per heavy atom. The quantitative estimate of drug-likeness (QED) is 0.507. The first kappa shape index (κ1) is 21.6. The lowest BCUT2D eigenvalue weighted by molar-refractivity contribution is -0.274. The lowest BCUT2D eigenvalue weighted by atomic mass is 10.1. The SMILES string of the molecule is NCCCCCCNc1ccccc1C(=O)Nc1ccc(OC(F)(F)F)cc1. The Bertz CT molecular complexity index is 749. The molecular formula is C20H24F3N3O2. The Morgan fingerprint density at radius 1 is 0.964 bits per heavy atom. The van der Waals surface area contributed by atoms with E-state index in [1.54, 1.807) is 12.1 Å². The molecule has 0 aliphatic rings. The highest BCUT2D eigenvalue weighted by Gasteiger charge is 2.30. The number of amides is 1. The number of nitrogens with two attached hydrogens (primary N) is 1. The molecule has 0 atom stereocenters. The van der Waals surface area contributed by atoms with Crippen LogP contribution < -0.4 is 21.1 Å². The summed E-state index contributed by atoms with van der Waals surface area (Å²) in [6, 6.07) is 12.1. The summed E-state index contributed by atoms with van der Waals surface area (Å²) in [6.07, 6.45) is -0.638. The second-order valence-corrected chi connectivity index (χ2v) is 6.20. The molecule has 0 aliphatic carbocycles. The summed E-state index contributed by atoms with van der Waals surface area (Å²) in [4.78, 5) is 12.5. The van der Waals surface area contributed by atoms with Crippen molar-refractivity contribution >= 4 is 17.3 Å². The first-order valence-corrected chi connectivity index (χ1v) is 9.09. The van der Waals surface area contributed by atoms with E-state index in [2.05, 4.69) is 15.4 Å². The predicted molar refractivity (Wildman–Crippen MR) is 104 cm³/mol. The number of halogens is 3. The van der Waals surface area contributed by atoms with Gasteiger partial charge in [0.05, 0.1) is 5.56 Å². The van der Waals surface area contributed by atoms with Crippen LogP contribution in [0.2, 0.25) is 0 Å². The molecule has 2 aromatic rings. The van der Waals surface area contributed by atoms with Crippen molar-refractivity contribution in [1.82, 2.24) is 0 Å². The van der Waals surface area contributed by atoms with Crippen LogP contribution >= 0.6 is 0 Å². The minimum atomic E-state index is -4.75. The molecule has 0 fully saturated rings. The van der Waals surface area contributed by atoms with E-state index in [-0.39, 0.29) is 11.7 Å². The number of anilines is 2. The molecule has 0 heterocycles. The zero-order valence-electron chi connectivity index (χ0n) is 15.4. The number of hydrogen-bond acceptors (Lipinski definition) is 4. The van der Waals surface area contributed by atoms with Crippen LogP contribution in [0.5, 0.6) is 5.75 Å². The number of unbranched alkanes of at least 4 members (excludes halogenated alkanes) is 3. The average molecular weight is 395 g/mol. The summed E-state index contributed by atoms with van der Waals surface area (Å²) in [5, 5.41) is 5.93. The number of carbonyl (C=O) groups is 1. The van der Waals surface area contributed by atoms with E-state index in [1.165, 1.54) is 12.1 Å². The maximum atomic E-state index is 12.5. The van der Waals surface area contributed by atoms with Gasteiger partial charge in [0.2, 0.25) is 0 Å². The second kappa shape index (κ2) is 10.6. The van der Waals surface area contributed by atoms with Crippen LogP contribution in [-0.2, 0) is 0 Å². The van der Waals surface area contributed by atoms with Gasteiger partial charge in [0.25, 0.3) is 5.91 Å². The molecule has 28 heavy (non-hydrogen) atoms. The molecule has 0 saturated heterocycles. The smallest absolute Gasteiger partial charge is 0.406 e. The third-order valence-electron chi connectivity index (χ3n) is 3.96. The Balaban J connectivity index is 1.93. The predicted octanol–water partition coefficient (Wildman–Crippen LogP) is 4.77. The van der Waals surface area contributed by atoms with Crippen LogP contribution in [-0.4, -0.2) is 25.4 Å². The number of hydrogen-bond donors (Lipinski definition) is 3. The van der Waals surface area contributed by atoms with Gasteiger partial charge in [-0.2, -0.15) is 0 Å². The van der Waals surface area contributed by atoms with Crippen LogP contribution in [0.4, 0.5) is 24.5 Å². The van der Waals surface area contributed by atoms with E-state index in [4.69, 9.17) is 5.73 Å². The zero-order chi connectivity index (χ0) is 20.4. The molecular weight excluding hydrogens is 371 g/mol. The highest BCUT2D eigenvalue weighted by atomic mass is 19.4. The Kier molecular flexibility index (Phi) is 8.13. The number of para-hydroxylation sites is 1. The summed E-state index contributed by atoms with van der Waals surface area (Å²) in [7, 11) is 0. The van der Waals surface area contributed by atoms with Crippen LogP contribution in [0, 0.1) is 0 Å². The largest absolute Gasteiger partial charge is 0.573 e. The first-order chi connectivity index (χ1) is 13.4. The van der Waals surface area contributed by atoms with Gasteiger partial charge in [-0.25, -0.2) is 0 Å². The van der Waals surface area contributed by atoms with Crippen LogP contribution in [0.25, 0.3) is 0 Å². The topological polar surface area (TPSA) is 76.4 Å². The minimum absolute atomic E-state index is 0.345. The summed E-state index contributed by atoms with van der Waals surface area (Å²) in [5.74, 6) is -0.696. The van der Waals surface area contributed by atoms with Crippen LogP contribution in [0.1, 0.15) is 36.0 Å². The van der Waals surface area contributed by atoms with Gasteiger partial charge in [0, 0.05) is 17.9 Å². The fraction of sp³-hybridized carbons (Fsp3) is 0.350. The molecule has 8 heteroatoms. The monoisotopic (exact) mass is 395 g/mol. The van der Waals surface area contributed by atoms with Gasteiger partial charge in [0.15, 0.2) is 0 Å². The third kappa shape index (κ3) is 7.48. The maximum absolute atomic E-state index is 12.5. The maximum Gasteiger partial charge on any atom is 0.573 e. The molecule has 0 radical (unpaired) electrons. The summed E-state index contributed by atoms with van der Waals surface area (Å²) < 4.78 is 40.4. The highest BCUT2D eigenvalue weighted by Crippen LogP contribution is 2.24. The molecule has 152 valence electrons. The molecule has 1 amide bonds. The van der Waals surface area contributed by atoms with Crippen molar-refractivity contribution in [2.45, 2.75) is 32.0 Å². The summed E-state index contributed by atoms with van der Waals surface area (Å²) in [5.41, 5.74) is 7.00. The van der Waals surface area contributed by atoms with Gasteiger partial charge in [-0.15, -0.1) is 13.2 Å². The van der Waals surface area contributed by atoms with E-state index < -0.39 is 6.36 Å². The number of ether oxygens (including phenoxy) is 1. The summed E-state index contributed by atoms with van der Waals surface area (Å²) >= 11 is 0. The molecule has 0 aromatic heterocycles. The lowest BCUT2D eigenvalue weighted by Crippen LogP contribution is -2.17. The Labute approximate surface area is 162 Å². The van der Waals surface area contributed by atoms with Gasteiger partial charge in [-0.1, -0.05) is 25.0 Å². The van der Waals surface area contributed by atoms with Gasteiger partial charge < -0.3 is 21.1 Å². The first-order valence-electron chi connectivity index (χ1n) is 9.09. The third-order valence-corrected chi connectivity index (χ3v) is 3.96. The van der Waals surface area contributed by atoms with Gasteiger partial charge in [-0.3, -0.25) is 4.79 Å². The fourth-order valence-corrected chi connectivity index (χ4v) is 2.62. The lowest BCUT2D eigenvalue weighted by Gasteiger charge is -2.13. The van der Waals surface area contributed by atoms with Gasteiger partial charge in [-0.05, 0) is 55.8 Å². The van der Waals surface area contributed by atoms with Crippen molar-refractivity contribution in [1.29, 1.82) is 0 Å². The average Bonchev–Trinajstić information content (AvgIpc) is 2.65. The second-order valence-electron chi connectivity index (χ2n) is 6.20. The standard InChI is InChI=1S/C20H24F3N3O2/c21-20(22,23)28-16-11-9-15(10-12-16)26-19(27)17-7-3-4-8-18(17)25-14-6-2-1-5-13-24/h3-4,7-12,25H,1-2,5-6,13-14,24H2,(H,26,27). The van der Waals surface area contributed by atoms with E-state index in [0.29, 0.717) is 23.5 Å². The number of carbonyl (C=O) groups excluding carboxylic acids is 1. The molecule has 0 saturated carbocycles. The molecule has 2 aromatic carbocycles. The molecule has 0 unspecified atom stereocenters. The van der Waals surface area contributed by atoms with E-state index in [9.17, 15) is 18.0 Å². The van der Waals surface area contributed by atoms with Crippen molar-refractivity contribution < 1.29 is 22.7 Å². The molecule has 5 nitrogen and oxygen atoms in total. The number of alkyl halides is 3. The molecule has 0 aliphatic heterocycles. The van der Waals surface area contributed by atoms with Crippen molar-refractivity contribution in [2.24, 2.45) is 5.73 Å². The van der Waals surface area contributed by atoms with E-state index in [1.807, 2.05) is 12.1 Å². The van der Waals surface area contributed by atoms with E-state index >= 15 is 0 Å². The van der Waals surface area contributed by atoms with Crippen molar-refractivity contribution in [3.63, 3.8) is 0 Å². The molecule has 2 rings (SSSR count). The highest BCUT2D eigenvalue weighted by molar-refractivity contribution is 6.08. The Morgan fingerprint density at radius 2 is 1.64 bits per heavy atom. The van der Waals surface area contributed by atoms with E-state index in [0.717, 1.165) is 44.4 Å².